The van der Waals surface area contributed by atoms with Crippen molar-refractivity contribution in [2.75, 3.05) is 6.61 Å². The van der Waals surface area contributed by atoms with E-state index < -0.39 is 5.92 Å². The third kappa shape index (κ3) is 2.36. The molecule has 3 fully saturated rings. The number of hydrogen-bond acceptors (Lipinski definition) is 4. The monoisotopic (exact) mass is 288 g/mol. The first-order chi connectivity index (χ1) is 10.3. The van der Waals surface area contributed by atoms with Gasteiger partial charge in [0, 0.05) is 0 Å². The molecule has 1 heterocycles. The lowest BCUT2D eigenvalue weighted by molar-refractivity contribution is -0.155. The Morgan fingerprint density at radius 3 is 2.48 bits per heavy atom. The summed E-state index contributed by atoms with van der Waals surface area (Å²) in [5.74, 6) is 0.257. The molecule has 1 N–H and O–H groups in total. The molecule has 2 bridgehead atoms. The van der Waals surface area contributed by atoms with Crippen LogP contribution in [0.3, 0.4) is 0 Å². The summed E-state index contributed by atoms with van der Waals surface area (Å²) in [6, 6.07) is 9.35. The van der Waals surface area contributed by atoms with Gasteiger partial charge in [0.05, 0.1) is 18.8 Å². The van der Waals surface area contributed by atoms with Crippen LogP contribution in [0, 0.1) is 11.8 Å². The van der Waals surface area contributed by atoms with Crippen LogP contribution in [0.1, 0.15) is 30.7 Å². The molecule has 0 radical (unpaired) electrons. The van der Waals surface area contributed by atoms with E-state index in [0.717, 1.165) is 18.4 Å². The molecule has 4 heteroatoms. The van der Waals surface area contributed by atoms with E-state index in [0.29, 0.717) is 24.0 Å². The van der Waals surface area contributed by atoms with E-state index in [-0.39, 0.29) is 18.7 Å². The number of aliphatic hydroxyl groups is 1. The maximum absolute atomic E-state index is 12.4. The Bertz CT molecular complexity index is 513. The normalized spacial score (nSPS) is 37.7. The minimum Gasteiger partial charge on any atom is -0.462 e. The molecule has 2 saturated carbocycles. The van der Waals surface area contributed by atoms with Gasteiger partial charge in [-0.2, -0.15) is 0 Å². The lowest BCUT2D eigenvalue weighted by Gasteiger charge is -2.30. The van der Waals surface area contributed by atoms with E-state index in [4.69, 9.17) is 9.47 Å². The van der Waals surface area contributed by atoms with Crippen molar-refractivity contribution in [1.29, 1.82) is 0 Å². The van der Waals surface area contributed by atoms with Crippen LogP contribution < -0.4 is 0 Å². The van der Waals surface area contributed by atoms with E-state index in [9.17, 15) is 9.90 Å². The van der Waals surface area contributed by atoms with Crippen molar-refractivity contribution >= 4 is 5.97 Å². The van der Waals surface area contributed by atoms with Gasteiger partial charge in [0.1, 0.15) is 12.0 Å². The second kappa shape index (κ2) is 5.11. The smallest absolute Gasteiger partial charge is 0.316 e. The SMILES string of the molecule is O=C(OC1CC2CC(C1)[C@@H]1O[C@H]21)[C@H](CO)c1ccccc1. The highest BCUT2D eigenvalue weighted by Crippen LogP contribution is 2.54. The fourth-order valence-electron chi connectivity index (χ4n) is 4.13. The van der Waals surface area contributed by atoms with Crippen molar-refractivity contribution in [2.24, 2.45) is 11.8 Å². The van der Waals surface area contributed by atoms with Crippen LogP contribution in [0.25, 0.3) is 0 Å². The predicted molar refractivity (Wildman–Crippen MR) is 75.6 cm³/mol. The largest absolute Gasteiger partial charge is 0.462 e. The first-order valence-electron chi connectivity index (χ1n) is 7.78. The maximum atomic E-state index is 12.4. The zero-order chi connectivity index (χ0) is 14.4. The third-order valence-corrected chi connectivity index (χ3v) is 5.18. The van der Waals surface area contributed by atoms with Crippen molar-refractivity contribution in [3.63, 3.8) is 0 Å². The number of epoxide rings is 1. The van der Waals surface area contributed by atoms with Crippen molar-refractivity contribution in [3.8, 4) is 0 Å². The summed E-state index contributed by atoms with van der Waals surface area (Å²) in [5, 5.41) is 9.52. The van der Waals surface area contributed by atoms with Gasteiger partial charge in [-0.1, -0.05) is 30.3 Å². The van der Waals surface area contributed by atoms with Gasteiger partial charge in [-0.25, -0.2) is 0 Å². The van der Waals surface area contributed by atoms with Gasteiger partial charge in [-0.3, -0.25) is 4.79 Å². The number of hydrogen-bond donors (Lipinski definition) is 1. The predicted octanol–water partition coefficient (Wildman–Crippen LogP) is 1.87. The average molecular weight is 288 g/mol. The summed E-state index contributed by atoms with van der Waals surface area (Å²) in [7, 11) is 0. The van der Waals surface area contributed by atoms with Gasteiger partial charge in [0.25, 0.3) is 0 Å². The third-order valence-electron chi connectivity index (χ3n) is 5.18. The first kappa shape index (κ1) is 13.3. The van der Waals surface area contributed by atoms with Gasteiger partial charge >= 0.3 is 5.97 Å². The van der Waals surface area contributed by atoms with Gasteiger partial charge < -0.3 is 14.6 Å². The molecule has 1 aromatic rings. The van der Waals surface area contributed by atoms with Gasteiger partial charge in [-0.15, -0.1) is 0 Å². The Hall–Kier alpha value is -1.39. The highest BCUT2D eigenvalue weighted by atomic mass is 16.6. The zero-order valence-corrected chi connectivity index (χ0v) is 11.9. The molecule has 21 heavy (non-hydrogen) atoms. The number of carbonyl (C=O) groups is 1. The average Bonchev–Trinajstić information content (AvgIpc) is 3.25. The topological polar surface area (TPSA) is 59.1 Å². The Labute approximate surface area is 124 Å². The maximum Gasteiger partial charge on any atom is 0.316 e. The summed E-state index contributed by atoms with van der Waals surface area (Å²) in [5.41, 5.74) is 0.815. The standard InChI is InChI=1S/C17H20O4/c18-9-14(10-4-2-1-3-5-10)17(19)20-13-7-11-6-12(8-13)16-15(11)21-16/h1-5,11-16,18H,6-9H2/t11?,12?,13?,14-,15-,16+/m1/s1. The first-order valence-corrected chi connectivity index (χ1v) is 7.78. The zero-order valence-electron chi connectivity index (χ0n) is 11.9. The molecule has 6 atom stereocenters. The Morgan fingerprint density at radius 1 is 1.19 bits per heavy atom. The van der Waals surface area contributed by atoms with Crippen molar-refractivity contribution < 1.29 is 19.4 Å². The van der Waals surface area contributed by atoms with Crippen molar-refractivity contribution in [3.05, 3.63) is 35.9 Å². The van der Waals surface area contributed by atoms with Crippen LogP contribution >= 0.6 is 0 Å². The fourth-order valence-corrected chi connectivity index (χ4v) is 4.13. The number of aliphatic hydroxyl groups excluding tert-OH is 1. The molecular formula is C17H20O4. The molecule has 3 unspecified atom stereocenters. The number of esters is 1. The van der Waals surface area contributed by atoms with E-state index in [2.05, 4.69) is 0 Å². The second-order valence-corrected chi connectivity index (χ2v) is 6.50. The Balaban J connectivity index is 1.41. The van der Waals surface area contributed by atoms with E-state index in [1.165, 1.54) is 6.42 Å². The van der Waals surface area contributed by atoms with Crippen molar-refractivity contribution in [1.82, 2.24) is 0 Å². The molecule has 0 aromatic heterocycles. The number of benzene rings is 1. The van der Waals surface area contributed by atoms with E-state index in [1.54, 1.807) is 0 Å². The number of ether oxygens (including phenoxy) is 2. The minimum absolute atomic E-state index is 0.00425. The van der Waals surface area contributed by atoms with Crippen LogP contribution in [-0.4, -0.2) is 36.0 Å². The van der Waals surface area contributed by atoms with E-state index >= 15 is 0 Å². The molecule has 1 aromatic carbocycles. The molecule has 112 valence electrons. The molecule has 2 aliphatic carbocycles. The summed E-state index contributed by atoms with van der Waals surface area (Å²) >= 11 is 0. The lowest BCUT2D eigenvalue weighted by Crippen LogP contribution is -2.32. The Kier molecular flexibility index (Phi) is 3.23. The lowest BCUT2D eigenvalue weighted by atomic mass is 9.85. The highest BCUT2D eigenvalue weighted by molar-refractivity contribution is 5.78. The number of rotatable bonds is 4. The molecule has 0 amide bonds. The molecule has 0 spiro atoms. The van der Waals surface area contributed by atoms with Crippen LogP contribution in [0.15, 0.2) is 30.3 Å². The van der Waals surface area contributed by atoms with Crippen LogP contribution in [-0.2, 0) is 14.3 Å². The summed E-state index contributed by atoms with van der Waals surface area (Å²) in [6.45, 7) is -0.212. The molecule has 1 aliphatic heterocycles. The molecular weight excluding hydrogens is 268 g/mol. The quantitative estimate of drug-likeness (QED) is 0.679. The summed E-state index contributed by atoms with van der Waals surface area (Å²) in [6.07, 6.45) is 3.91. The molecule has 4 nitrogen and oxygen atoms in total. The number of carbonyl (C=O) groups excluding carboxylic acids is 1. The van der Waals surface area contributed by atoms with Crippen LogP contribution in [0.4, 0.5) is 0 Å². The van der Waals surface area contributed by atoms with Gasteiger partial charge in [0.15, 0.2) is 0 Å². The highest BCUT2D eigenvalue weighted by Gasteiger charge is 2.59. The van der Waals surface area contributed by atoms with Gasteiger partial charge in [-0.05, 0) is 36.7 Å². The number of fused-ring (bicyclic) bond motifs is 5. The molecule has 3 aliphatic rings. The molecule has 1 saturated heterocycles. The van der Waals surface area contributed by atoms with E-state index in [1.807, 2.05) is 30.3 Å². The summed E-state index contributed by atoms with van der Waals surface area (Å²) in [4.78, 5) is 12.4. The minimum atomic E-state index is -0.573. The van der Waals surface area contributed by atoms with Crippen molar-refractivity contribution in [2.45, 2.75) is 43.5 Å². The second-order valence-electron chi connectivity index (χ2n) is 6.50. The van der Waals surface area contributed by atoms with Crippen LogP contribution in [0.5, 0.6) is 0 Å². The summed E-state index contributed by atoms with van der Waals surface area (Å²) < 4.78 is 11.3. The molecule has 4 rings (SSSR count). The van der Waals surface area contributed by atoms with Gasteiger partial charge in [0.2, 0.25) is 0 Å². The Morgan fingerprint density at radius 2 is 1.86 bits per heavy atom. The fraction of sp³-hybridized carbons (Fsp3) is 0.588. The van der Waals surface area contributed by atoms with Crippen LogP contribution in [0.2, 0.25) is 0 Å².